The maximum Gasteiger partial charge on any atom is 0.0967 e. The lowest BCUT2D eigenvalue weighted by Gasteiger charge is -2.18. The molecule has 0 saturated carbocycles. The molecule has 1 heterocycles. The predicted molar refractivity (Wildman–Crippen MR) is 73.5 cm³/mol. The number of aliphatic imine (C=N–C) groups is 1. The molecule has 0 bridgehead atoms. The van der Waals surface area contributed by atoms with Gasteiger partial charge in [0.25, 0.3) is 0 Å². The highest BCUT2D eigenvalue weighted by Gasteiger charge is 2.11. The van der Waals surface area contributed by atoms with Crippen molar-refractivity contribution in [3.63, 3.8) is 0 Å². The van der Waals surface area contributed by atoms with Crippen LogP contribution in [-0.2, 0) is 0 Å². The first kappa shape index (κ1) is 12.2. The van der Waals surface area contributed by atoms with E-state index in [-0.39, 0.29) is 0 Å². The molecule has 1 aliphatic heterocycles. The van der Waals surface area contributed by atoms with Crippen LogP contribution in [0.2, 0.25) is 0 Å². The summed E-state index contributed by atoms with van der Waals surface area (Å²) in [7, 11) is 0. The van der Waals surface area contributed by atoms with E-state index < -0.39 is 0 Å². The molecular weight excluding hydrogens is 208 g/mol. The topological polar surface area (TPSA) is 24.4 Å². The van der Waals surface area contributed by atoms with Crippen molar-refractivity contribution in [1.29, 1.82) is 0 Å². The van der Waals surface area contributed by atoms with E-state index in [1.807, 2.05) is 0 Å². The number of rotatable bonds is 2. The van der Waals surface area contributed by atoms with Gasteiger partial charge in [-0.3, -0.25) is 4.99 Å². The van der Waals surface area contributed by atoms with Gasteiger partial charge in [-0.25, -0.2) is 0 Å². The first-order chi connectivity index (χ1) is 8.27. The Labute approximate surface area is 104 Å². The number of benzene rings is 1. The fourth-order valence-corrected chi connectivity index (χ4v) is 2.39. The van der Waals surface area contributed by atoms with Crippen molar-refractivity contribution in [2.45, 2.75) is 45.6 Å². The quantitative estimate of drug-likeness (QED) is 0.824. The minimum Gasteiger partial charge on any atom is -0.367 e. The van der Waals surface area contributed by atoms with Gasteiger partial charge in [0.15, 0.2) is 0 Å². The van der Waals surface area contributed by atoms with Gasteiger partial charge in [-0.15, -0.1) is 0 Å². The number of nitrogens with zero attached hydrogens (tertiary/aromatic N) is 1. The first-order valence-corrected chi connectivity index (χ1v) is 6.63. The van der Waals surface area contributed by atoms with E-state index in [4.69, 9.17) is 0 Å². The Morgan fingerprint density at radius 3 is 2.82 bits per heavy atom. The fraction of sp³-hybridized carbons (Fsp3) is 0.533. The van der Waals surface area contributed by atoms with E-state index in [1.54, 1.807) is 0 Å². The van der Waals surface area contributed by atoms with Crippen molar-refractivity contribution in [3.05, 3.63) is 35.4 Å². The predicted octanol–water partition coefficient (Wildman–Crippen LogP) is 3.62. The third-order valence-electron chi connectivity index (χ3n) is 3.41. The summed E-state index contributed by atoms with van der Waals surface area (Å²) in [5, 5.41) is 3.57. The largest absolute Gasteiger partial charge is 0.367 e. The second-order valence-corrected chi connectivity index (χ2v) is 4.86. The number of amidine groups is 1. The van der Waals surface area contributed by atoms with Gasteiger partial charge in [0.2, 0.25) is 0 Å². The molecule has 0 amide bonds. The Morgan fingerprint density at radius 2 is 2.00 bits per heavy atom. The van der Waals surface area contributed by atoms with Crippen molar-refractivity contribution in [2.24, 2.45) is 4.99 Å². The molecule has 0 radical (unpaired) electrons. The molecule has 1 aromatic carbocycles. The second-order valence-electron chi connectivity index (χ2n) is 4.86. The molecule has 2 nitrogen and oxygen atoms in total. The maximum absolute atomic E-state index is 4.62. The van der Waals surface area contributed by atoms with Crippen molar-refractivity contribution >= 4 is 5.84 Å². The Balaban J connectivity index is 2.03. The van der Waals surface area contributed by atoms with Crippen molar-refractivity contribution in [2.75, 3.05) is 6.54 Å². The van der Waals surface area contributed by atoms with E-state index in [9.17, 15) is 0 Å². The summed E-state index contributed by atoms with van der Waals surface area (Å²) in [4.78, 5) is 4.62. The van der Waals surface area contributed by atoms with Gasteiger partial charge < -0.3 is 5.32 Å². The van der Waals surface area contributed by atoms with Gasteiger partial charge in [-0.05, 0) is 37.8 Å². The van der Waals surface area contributed by atoms with Gasteiger partial charge in [0.1, 0.15) is 0 Å². The number of hydrogen-bond donors (Lipinski definition) is 1. The van der Waals surface area contributed by atoms with Crippen LogP contribution in [0.5, 0.6) is 0 Å². The summed E-state index contributed by atoms with van der Waals surface area (Å²) in [6.07, 6.45) is 4.93. The molecule has 0 aliphatic carbocycles. The highest BCUT2D eigenvalue weighted by molar-refractivity contribution is 5.82. The molecule has 2 heteroatoms. The van der Waals surface area contributed by atoms with Crippen molar-refractivity contribution in [3.8, 4) is 0 Å². The molecule has 0 fully saturated rings. The fourth-order valence-electron chi connectivity index (χ4n) is 2.39. The second kappa shape index (κ2) is 5.85. The Hall–Kier alpha value is -1.31. The standard InChI is InChI=1S/C15H22N2/c1-12-8-5-6-9-14(12)13(2)17-15-10-4-3-7-11-16-15/h5-6,8-9,13H,3-4,7,10-11H2,1-2H3,(H,16,17). The smallest absolute Gasteiger partial charge is 0.0967 e. The van der Waals surface area contributed by atoms with Gasteiger partial charge in [0, 0.05) is 19.0 Å². The molecule has 1 unspecified atom stereocenters. The van der Waals surface area contributed by atoms with Crippen LogP contribution in [0.1, 0.15) is 49.8 Å². The van der Waals surface area contributed by atoms with Crippen molar-refractivity contribution < 1.29 is 0 Å². The van der Waals surface area contributed by atoms with Crippen LogP contribution in [-0.4, -0.2) is 12.4 Å². The number of hydrogen-bond acceptors (Lipinski definition) is 2. The minimum atomic E-state index is 0.355. The van der Waals surface area contributed by atoms with Crippen LogP contribution in [0, 0.1) is 6.92 Å². The summed E-state index contributed by atoms with van der Waals surface area (Å²) >= 11 is 0. The molecule has 0 aromatic heterocycles. The minimum absolute atomic E-state index is 0.355. The highest BCUT2D eigenvalue weighted by atomic mass is 15.0. The molecular formula is C15H22N2. The summed E-state index contributed by atoms with van der Waals surface area (Å²) in [5.74, 6) is 1.19. The summed E-state index contributed by atoms with van der Waals surface area (Å²) in [6, 6.07) is 8.92. The van der Waals surface area contributed by atoms with Crippen LogP contribution >= 0.6 is 0 Å². The molecule has 0 saturated heterocycles. The highest BCUT2D eigenvalue weighted by Crippen LogP contribution is 2.17. The molecule has 17 heavy (non-hydrogen) atoms. The lowest BCUT2D eigenvalue weighted by Crippen LogP contribution is -2.27. The lowest BCUT2D eigenvalue weighted by atomic mass is 10.0. The third-order valence-corrected chi connectivity index (χ3v) is 3.41. The van der Waals surface area contributed by atoms with Crippen LogP contribution in [0.4, 0.5) is 0 Å². The normalized spacial score (nSPS) is 18.1. The van der Waals surface area contributed by atoms with E-state index >= 15 is 0 Å². The molecule has 2 rings (SSSR count). The summed E-state index contributed by atoms with van der Waals surface area (Å²) < 4.78 is 0. The molecule has 1 N–H and O–H groups in total. The average Bonchev–Trinajstić information content (AvgIpc) is 2.58. The Kier molecular flexibility index (Phi) is 4.18. The zero-order valence-corrected chi connectivity index (χ0v) is 10.9. The zero-order valence-electron chi connectivity index (χ0n) is 10.9. The number of nitrogens with one attached hydrogen (secondary N) is 1. The van der Waals surface area contributed by atoms with E-state index in [0.717, 1.165) is 13.0 Å². The Bertz CT molecular complexity index is 396. The summed E-state index contributed by atoms with van der Waals surface area (Å²) in [6.45, 7) is 5.38. The third kappa shape index (κ3) is 3.32. The Morgan fingerprint density at radius 1 is 1.18 bits per heavy atom. The monoisotopic (exact) mass is 230 g/mol. The van der Waals surface area contributed by atoms with Gasteiger partial charge >= 0.3 is 0 Å². The van der Waals surface area contributed by atoms with Gasteiger partial charge in [-0.2, -0.15) is 0 Å². The maximum atomic E-state index is 4.62. The molecule has 1 atom stereocenters. The molecule has 92 valence electrons. The molecule has 1 aliphatic rings. The molecule has 0 spiro atoms. The van der Waals surface area contributed by atoms with Gasteiger partial charge in [0.05, 0.1) is 5.84 Å². The number of aryl methyl sites for hydroxylation is 1. The summed E-state index contributed by atoms with van der Waals surface area (Å²) in [5.41, 5.74) is 2.72. The lowest BCUT2D eigenvalue weighted by molar-refractivity contribution is 0.690. The van der Waals surface area contributed by atoms with Crippen LogP contribution in [0.15, 0.2) is 29.3 Å². The van der Waals surface area contributed by atoms with Crippen LogP contribution in [0.25, 0.3) is 0 Å². The average molecular weight is 230 g/mol. The van der Waals surface area contributed by atoms with E-state index in [1.165, 1.54) is 36.2 Å². The van der Waals surface area contributed by atoms with E-state index in [2.05, 4.69) is 48.4 Å². The van der Waals surface area contributed by atoms with Crippen LogP contribution < -0.4 is 5.32 Å². The zero-order chi connectivity index (χ0) is 12.1. The van der Waals surface area contributed by atoms with Crippen LogP contribution in [0.3, 0.4) is 0 Å². The molecule has 1 aromatic rings. The SMILES string of the molecule is Cc1ccccc1C(C)NC1=NCCCCC1. The van der Waals surface area contributed by atoms with Crippen molar-refractivity contribution in [1.82, 2.24) is 5.32 Å². The van der Waals surface area contributed by atoms with Gasteiger partial charge in [-0.1, -0.05) is 30.7 Å². The van der Waals surface area contributed by atoms with E-state index in [0.29, 0.717) is 6.04 Å². The first-order valence-electron chi connectivity index (χ1n) is 6.63.